The van der Waals surface area contributed by atoms with Crippen molar-refractivity contribution in [1.82, 2.24) is 5.06 Å². The summed E-state index contributed by atoms with van der Waals surface area (Å²) in [6, 6.07) is 12.5. The number of rotatable bonds is 7. The van der Waals surface area contributed by atoms with Crippen molar-refractivity contribution in [3.63, 3.8) is 0 Å². The van der Waals surface area contributed by atoms with Gasteiger partial charge in [0.05, 0.1) is 13.7 Å². The van der Waals surface area contributed by atoms with E-state index in [9.17, 15) is 4.39 Å². The van der Waals surface area contributed by atoms with Gasteiger partial charge in [0.15, 0.2) is 0 Å². The molecule has 2 aromatic rings. The zero-order chi connectivity index (χ0) is 18.4. The van der Waals surface area contributed by atoms with E-state index < -0.39 is 0 Å². The molecule has 26 heavy (non-hydrogen) atoms. The Morgan fingerprint density at radius 1 is 1.12 bits per heavy atom. The lowest BCUT2D eigenvalue weighted by atomic mass is 9.90. The molecule has 1 fully saturated rings. The third-order valence-corrected chi connectivity index (χ3v) is 5.01. The summed E-state index contributed by atoms with van der Waals surface area (Å²) >= 11 is 0. The Bertz CT molecular complexity index is 698. The van der Waals surface area contributed by atoms with Gasteiger partial charge in [0.1, 0.15) is 11.6 Å². The molecule has 1 saturated heterocycles. The van der Waals surface area contributed by atoms with Gasteiger partial charge < -0.3 is 10.5 Å². The van der Waals surface area contributed by atoms with Gasteiger partial charge in [-0.3, -0.25) is 4.84 Å². The lowest BCUT2D eigenvalue weighted by molar-refractivity contribution is -0.173. The molecule has 0 saturated carbocycles. The molecule has 0 radical (unpaired) electrons. The number of benzene rings is 2. The number of halogens is 1. The van der Waals surface area contributed by atoms with E-state index in [1.165, 1.54) is 17.7 Å². The van der Waals surface area contributed by atoms with E-state index >= 15 is 0 Å². The predicted octanol–water partition coefficient (Wildman–Crippen LogP) is 3.85. The summed E-state index contributed by atoms with van der Waals surface area (Å²) in [5, 5.41) is 2.05. The first kappa shape index (κ1) is 18.7. The summed E-state index contributed by atoms with van der Waals surface area (Å²) in [7, 11) is 1.65. The van der Waals surface area contributed by atoms with Crippen LogP contribution in [-0.2, 0) is 17.7 Å². The minimum Gasteiger partial charge on any atom is -0.497 e. The van der Waals surface area contributed by atoms with Gasteiger partial charge in [0, 0.05) is 24.8 Å². The van der Waals surface area contributed by atoms with Gasteiger partial charge in [-0.25, -0.2) is 4.39 Å². The summed E-state index contributed by atoms with van der Waals surface area (Å²) < 4.78 is 18.1. The number of piperidine rings is 1. The Labute approximate surface area is 154 Å². The number of hydroxylamine groups is 2. The molecule has 0 spiro atoms. The fraction of sp³-hybridized carbons (Fsp3) is 0.429. The molecule has 0 aromatic heterocycles. The third-order valence-electron chi connectivity index (χ3n) is 5.01. The second kappa shape index (κ2) is 9.01. The molecule has 2 aromatic carbocycles. The van der Waals surface area contributed by atoms with Gasteiger partial charge in [-0.05, 0) is 60.9 Å². The van der Waals surface area contributed by atoms with Crippen LogP contribution in [-0.4, -0.2) is 31.9 Å². The van der Waals surface area contributed by atoms with Crippen molar-refractivity contribution < 1.29 is 14.0 Å². The molecule has 0 bridgehead atoms. The van der Waals surface area contributed by atoms with Crippen LogP contribution in [0.2, 0.25) is 0 Å². The fourth-order valence-corrected chi connectivity index (χ4v) is 3.38. The van der Waals surface area contributed by atoms with Crippen molar-refractivity contribution in [3.05, 3.63) is 59.4 Å². The predicted molar refractivity (Wildman–Crippen MR) is 101 cm³/mol. The summed E-state index contributed by atoms with van der Waals surface area (Å²) in [5.41, 5.74) is 9.23. The van der Waals surface area contributed by atoms with E-state index in [4.69, 9.17) is 15.3 Å². The van der Waals surface area contributed by atoms with E-state index in [1.807, 2.05) is 24.3 Å². The molecule has 1 aliphatic rings. The zero-order valence-corrected chi connectivity index (χ0v) is 15.3. The van der Waals surface area contributed by atoms with E-state index in [-0.39, 0.29) is 5.82 Å². The SMILES string of the molecule is COc1ccc(CC2CCN(OCCc3ccc(F)cc3)CC2)c(N)c1. The van der Waals surface area contributed by atoms with Crippen molar-refractivity contribution >= 4 is 5.69 Å². The van der Waals surface area contributed by atoms with Crippen molar-refractivity contribution in [2.24, 2.45) is 5.92 Å². The van der Waals surface area contributed by atoms with Gasteiger partial charge in [-0.2, -0.15) is 5.06 Å². The minimum atomic E-state index is -0.200. The normalized spacial score (nSPS) is 15.9. The van der Waals surface area contributed by atoms with Crippen LogP contribution in [0.15, 0.2) is 42.5 Å². The Morgan fingerprint density at radius 2 is 1.85 bits per heavy atom. The third kappa shape index (κ3) is 5.19. The van der Waals surface area contributed by atoms with Gasteiger partial charge in [0.25, 0.3) is 0 Å². The van der Waals surface area contributed by atoms with Gasteiger partial charge in [-0.1, -0.05) is 18.2 Å². The molecule has 1 heterocycles. The number of nitrogens with two attached hydrogens (primary N) is 1. The lowest BCUT2D eigenvalue weighted by Gasteiger charge is -2.31. The second-order valence-corrected chi connectivity index (χ2v) is 6.85. The lowest BCUT2D eigenvalue weighted by Crippen LogP contribution is -2.35. The fourth-order valence-electron chi connectivity index (χ4n) is 3.38. The van der Waals surface area contributed by atoms with Crippen molar-refractivity contribution in [2.45, 2.75) is 25.7 Å². The molecule has 4 nitrogen and oxygen atoms in total. The van der Waals surface area contributed by atoms with Crippen LogP contribution < -0.4 is 10.5 Å². The number of hydrogen-bond acceptors (Lipinski definition) is 4. The molecule has 0 unspecified atom stereocenters. The molecule has 0 aliphatic carbocycles. The van der Waals surface area contributed by atoms with Crippen molar-refractivity contribution in [3.8, 4) is 5.75 Å². The molecule has 1 aliphatic heterocycles. The molecular weight excluding hydrogens is 331 g/mol. The van der Waals surface area contributed by atoms with E-state index in [0.717, 1.165) is 55.8 Å². The highest BCUT2D eigenvalue weighted by molar-refractivity contribution is 5.51. The maximum absolute atomic E-state index is 12.9. The minimum absolute atomic E-state index is 0.200. The molecule has 0 amide bonds. The van der Waals surface area contributed by atoms with Crippen LogP contribution in [0.4, 0.5) is 10.1 Å². The number of ether oxygens (including phenoxy) is 1. The molecule has 2 N–H and O–H groups in total. The number of hydrogen-bond donors (Lipinski definition) is 1. The monoisotopic (exact) mass is 358 g/mol. The van der Waals surface area contributed by atoms with Gasteiger partial charge in [-0.15, -0.1) is 0 Å². The number of nitrogen functional groups attached to an aromatic ring is 1. The largest absolute Gasteiger partial charge is 0.497 e. The second-order valence-electron chi connectivity index (χ2n) is 6.85. The summed E-state index contributed by atoms with van der Waals surface area (Å²) in [4.78, 5) is 5.87. The summed E-state index contributed by atoms with van der Waals surface area (Å²) in [6.45, 7) is 2.50. The van der Waals surface area contributed by atoms with Crippen LogP contribution in [0.1, 0.15) is 24.0 Å². The van der Waals surface area contributed by atoms with Crippen LogP contribution in [0, 0.1) is 11.7 Å². The van der Waals surface area contributed by atoms with Crippen molar-refractivity contribution in [1.29, 1.82) is 0 Å². The Hall–Kier alpha value is -2.11. The maximum atomic E-state index is 12.9. The van der Waals surface area contributed by atoms with Crippen LogP contribution >= 0.6 is 0 Å². The Balaban J connectivity index is 1.39. The smallest absolute Gasteiger partial charge is 0.123 e. The highest BCUT2D eigenvalue weighted by Gasteiger charge is 2.20. The molecule has 140 valence electrons. The first-order valence-corrected chi connectivity index (χ1v) is 9.18. The maximum Gasteiger partial charge on any atom is 0.123 e. The average molecular weight is 358 g/mol. The van der Waals surface area contributed by atoms with Crippen LogP contribution in [0.5, 0.6) is 5.75 Å². The molecule has 5 heteroatoms. The van der Waals surface area contributed by atoms with Gasteiger partial charge >= 0.3 is 0 Å². The Morgan fingerprint density at radius 3 is 2.50 bits per heavy atom. The topological polar surface area (TPSA) is 47.7 Å². The highest BCUT2D eigenvalue weighted by Crippen LogP contribution is 2.27. The number of nitrogens with zero attached hydrogens (tertiary/aromatic N) is 1. The average Bonchev–Trinajstić information content (AvgIpc) is 2.66. The van der Waals surface area contributed by atoms with E-state index in [0.29, 0.717) is 12.5 Å². The summed E-state index contributed by atoms with van der Waals surface area (Å²) in [6.07, 6.45) is 3.99. The number of anilines is 1. The van der Waals surface area contributed by atoms with E-state index in [1.54, 1.807) is 7.11 Å². The quantitative estimate of drug-likeness (QED) is 0.764. The molecule has 3 rings (SSSR count). The first-order valence-electron chi connectivity index (χ1n) is 9.18. The summed E-state index contributed by atoms with van der Waals surface area (Å²) in [5.74, 6) is 1.23. The van der Waals surface area contributed by atoms with Gasteiger partial charge in [0.2, 0.25) is 0 Å². The first-order chi connectivity index (χ1) is 12.6. The molecular formula is C21H27FN2O2. The molecule has 0 atom stereocenters. The number of methoxy groups -OCH3 is 1. The van der Waals surface area contributed by atoms with E-state index in [2.05, 4.69) is 11.1 Å². The Kier molecular flexibility index (Phi) is 6.47. The standard InChI is InChI=1S/C21H27FN2O2/c1-25-20-7-4-18(21(23)15-20)14-17-8-11-24(12-9-17)26-13-10-16-2-5-19(22)6-3-16/h2-7,15,17H,8-14,23H2,1H3. The zero-order valence-electron chi connectivity index (χ0n) is 15.3. The highest BCUT2D eigenvalue weighted by atomic mass is 19.1. The van der Waals surface area contributed by atoms with Crippen LogP contribution in [0.3, 0.4) is 0 Å². The van der Waals surface area contributed by atoms with Crippen LogP contribution in [0.25, 0.3) is 0 Å². The van der Waals surface area contributed by atoms with Crippen molar-refractivity contribution in [2.75, 3.05) is 32.5 Å².